The van der Waals surface area contributed by atoms with Gasteiger partial charge in [-0.3, -0.25) is 4.79 Å². The van der Waals surface area contributed by atoms with E-state index >= 15 is 0 Å². The topological polar surface area (TPSA) is 56.3 Å². The Morgan fingerprint density at radius 1 is 1.44 bits per heavy atom. The largest absolute Gasteiger partial charge is 0.396 e. The van der Waals surface area contributed by atoms with Crippen molar-refractivity contribution in [2.45, 2.75) is 6.42 Å². The van der Waals surface area contributed by atoms with Crippen LogP contribution in [-0.4, -0.2) is 40.6 Å². The summed E-state index contributed by atoms with van der Waals surface area (Å²) in [5.74, 6) is 0.288. The molecule has 2 N–H and O–H groups in total. The van der Waals surface area contributed by atoms with Gasteiger partial charge in [0.05, 0.1) is 11.1 Å². The molecule has 4 heteroatoms. The molecular formula is C14H16N2O2. The normalized spacial score (nSPS) is 19.6. The van der Waals surface area contributed by atoms with Gasteiger partial charge in [-0.25, -0.2) is 0 Å². The second kappa shape index (κ2) is 4.46. The van der Waals surface area contributed by atoms with Crippen LogP contribution in [0.25, 0.3) is 10.9 Å². The molecule has 94 valence electrons. The number of rotatable bonds is 2. The molecule has 1 atom stereocenters. The van der Waals surface area contributed by atoms with Crippen LogP contribution in [0.2, 0.25) is 0 Å². The van der Waals surface area contributed by atoms with Crippen LogP contribution in [0.5, 0.6) is 0 Å². The lowest BCUT2D eigenvalue weighted by molar-refractivity contribution is 0.0783. The van der Waals surface area contributed by atoms with Crippen molar-refractivity contribution in [2.75, 3.05) is 19.7 Å². The molecule has 1 saturated heterocycles. The Hall–Kier alpha value is -1.81. The zero-order valence-electron chi connectivity index (χ0n) is 10.1. The molecule has 0 aliphatic carbocycles. The average molecular weight is 244 g/mol. The van der Waals surface area contributed by atoms with E-state index in [0.717, 1.165) is 29.4 Å². The number of likely N-dealkylation sites (tertiary alicyclic amines) is 1. The first kappa shape index (κ1) is 11.3. The first-order chi connectivity index (χ1) is 8.79. The van der Waals surface area contributed by atoms with Gasteiger partial charge >= 0.3 is 0 Å². The van der Waals surface area contributed by atoms with E-state index in [9.17, 15) is 4.79 Å². The first-order valence-electron chi connectivity index (χ1n) is 6.26. The molecule has 2 heterocycles. The summed E-state index contributed by atoms with van der Waals surface area (Å²) in [6.45, 7) is 1.56. The molecule has 1 aromatic carbocycles. The zero-order chi connectivity index (χ0) is 12.5. The van der Waals surface area contributed by atoms with Crippen molar-refractivity contribution in [1.29, 1.82) is 0 Å². The molecule has 1 aromatic heterocycles. The first-order valence-corrected chi connectivity index (χ1v) is 6.26. The maximum atomic E-state index is 12.4. The molecule has 3 rings (SSSR count). The molecular weight excluding hydrogens is 228 g/mol. The van der Waals surface area contributed by atoms with Gasteiger partial charge in [0, 0.05) is 37.2 Å². The lowest BCUT2D eigenvalue weighted by atomic mass is 10.1. The number of benzene rings is 1. The van der Waals surface area contributed by atoms with Crippen LogP contribution < -0.4 is 0 Å². The number of fused-ring (bicyclic) bond motifs is 1. The highest BCUT2D eigenvalue weighted by molar-refractivity contribution is 6.05. The van der Waals surface area contributed by atoms with Crippen LogP contribution in [-0.2, 0) is 0 Å². The van der Waals surface area contributed by atoms with Crippen LogP contribution in [0.3, 0.4) is 0 Å². The second-order valence-corrected chi connectivity index (χ2v) is 4.84. The van der Waals surface area contributed by atoms with E-state index in [0.29, 0.717) is 6.54 Å². The number of aromatic nitrogens is 1. The monoisotopic (exact) mass is 244 g/mol. The van der Waals surface area contributed by atoms with Gasteiger partial charge in [-0.1, -0.05) is 12.1 Å². The highest BCUT2D eigenvalue weighted by atomic mass is 16.3. The third-order valence-corrected chi connectivity index (χ3v) is 3.65. The van der Waals surface area contributed by atoms with E-state index in [1.165, 1.54) is 0 Å². The predicted molar refractivity (Wildman–Crippen MR) is 69.4 cm³/mol. The summed E-state index contributed by atoms with van der Waals surface area (Å²) < 4.78 is 0. The van der Waals surface area contributed by atoms with E-state index in [1.54, 1.807) is 0 Å². The molecule has 0 spiro atoms. The lowest BCUT2D eigenvalue weighted by Crippen LogP contribution is -2.29. The third kappa shape index (κ3) is 1.78. The molecule has 1 aliphatic heterocycles. The number of aromatic amines is 1. The quantitative estimate of drug-likeness (QED) is 0.843. The average Bonchev–Trinajstić information content (AvgIpc) is 3.05. The number of hydrogen-bond donors (Lipinski definition) is 2. The maximum absolute atomic E-state index is 12.4. The Balaban J connectivity index is 1.90. The van der Waals surface area contributed by atoms with E-state index in [-0.39, 0.29) is 18.4 Å². The second-order valence-electron chi connectivity index (χ2n) is 4.84. The van der Waals surface area contributed by atoms with Gasteiger partial charge < -0.3 is 15.0 Å². The van der Waals surface area contributed by atoms with Gasteiger partial charge in [0.1, 0.15) is 0 Å². The van der Waals surface area contributed by atoms with Crippen molar-refractivity contribution in [3.8, 4) is 0 Å². The Labute approximate surface area is 105 Å². The van der Waals surface area contributed by atoms with Crippen LogP contribution in [0.4, 0.5) is 0 Å². The highest BCUT2D eigenvalue weighted by Crippen LogP contribution is 2.22. The number of aliphatic hydroxyl groups is 1. The van der Waals surface area contributed by atoms with Gasteiger partial charge in [0.25, 0.3) is 5.91 Å². The van der Waals surface area contributed by atoms with Crippen LogP contribution in [0.1, 0.15) is 16.8 Å². The Kier molecular flexibility index (Phi) is 2.80. The van der Waals surface area contributed by atoms with E-state index in [2.05, 4.69) is 4.98 Å². The minimum atomic E-state index is 0.0546. The van der Waals surface area contributed by atoms with E-state index in [4.69, 9.17) is 5.11 Å². The van der Waals surface area contributed by atoms with Gasteiger partial charge in [-0.2, -0.15) is 0 Å². The number of carbonyl (C=O) groups is 1. The number of aliphatic hydroxyl groups excluding tert-OH is 1. The molecule has 0 radical (unpaired) electrons. The molecule has 0 saturated carbocycles. The molecule has 1 amide bonds. The van der Waals surface area contributed by atoms with E-state index < -0.39 is 0 Å². The summed E-state index contributed by atoms with van der Waals surface area (Å²) in [5.41, 5.74) is 1.62. The minimum Gasteiger partial charge on any atom is -0.396 e. The fourth-order valence-corrected chi connectivity index (χ4v) is 2.60. The van der Waals surface area contributed by atoms with Gasteiger partial charge in [-0.05, 0) is 18.6 Å². The molecule has 0 bridgehead atoms. The highest BCUT2D eigenvalue weighted by Gasteiger charge is 2.27. The number of amides is 1. The van der Waals surface area contributed by atoms with Crippen molar-refractivity contribution in [1.82, 2.24) is 9.88 Å². The predicted octanol–water partition coefficient (Wildman–Crippen LogP) is 1.62. The summed E-state index contributed by atoms with van der Waals surface area (Å²) in [7, 11) is 0. The van der Waals surface area contributed by atoms with E-state index in [1.807, 2.05) is 35.4 Å². The zero-order valence-corrected chi connectivity index (χ0v) is 10.1. The van der Waals surface area contributed by atoms with Crippen LogP contribution in [0, 0.1) is 5.92 Å². The van der Waals surface area contributed by atoms with Crippen molar-refractivity contribution in [2.24, 2.45) is 5.92 Å². The molecule has 1 aliphatic rings. The minimum absolute atomic E-state index is 0.0546. The van der Waals surface area contributed by atoms with Crippen LogP contribution in [0.15, 0.2) is 30.5 Å². The number of carbonyl (C=O) groups excluding carboxylic acids is 1. The molecule has 1 unspecified atom stereocenters. The Bertz CT molecular complexity index is 576. The van der Waals surface area contributed by atoms with Gasteiger partial charge in [-0.15, -0.1) is 0 Å². The molecule has 2 aromatic rings. The third-order valence-electron chi connectivity index (χ3n) is 3.65. The van der Waals surface area contributed by atoms with Crippen LogP contribution >= 0.6 is 0 Å². The summed E-state index contributed by atoms with van der Waals surface area (Å²) in [4.78, 5) is 17.4. The maximum Gasteiger partial charge on any atom is 0.255 e. The van der Waals surface area contributed by atoms with Crippen molar-refractivity contribution in [3.63, 3.8) is 0 Å². The number of para-hydroxylation sites is 1. The van der Waals surface area contributed by atoms with Crippen molar-refractivity contribution in [3.05, 3.63) is 36.0 Å². The Morgan fingerprint density at radius 3 is 3.11 bits per heavy atom. The van der Waals surface area contributed by atoms with Gasteiger partial charge in [0.15, 0.2) is 0 Å². The Morgan fingerprint density at radius 2 is 2.33 bits per heavy atom. The summed E-state index contributed by atoms with van der Waals surface area (Å²) >= 11 is 0. The summed E-state index contributed by atoms with van der Waals surface area (Å²) in [6.07, 6.45) is 2.74. The van der Waals surface area contributed by atoms with Gasteiger partial charge in [0.2, 0.25) is 0 Å². The number of nitrogens with zero attached hydrogens (tertiary/aromatic N) is 1. The fourth-order valence-electron chi connectivity index (χ4n) is 2.60. The van der Waals surface area contributed by atoms with Crippen molar-refractivity contribution >= 4 is 16.8 Å². The summed E-state index contributed by atoms with van der Waals surface area (Å²) in [5, 5.41) is 10.2. The smallest absolute Gasteiger partial charge is 0.255 e. The SMILES string of the molecule is O=C(c1cccc2cc[nH]c12)N1CCC(CO)C1. The molecule has 18 heavy (non-hydrogen) atoms. The standard InChI is InChI=1S/C14H16N2O2/c17-9-10-5-7-16(8-10)14(18)12-3-1-2-11-4-6-15-13(11)12/h1-4,6,10,15,17H,5,7-9H2. The summed E-state index contributed by atoms with van der Waals surface area (Å²) in [6, 6.07) is 7.71. The molecule has 4 nitrogen and oxygen atoms in total. The number of nitrogens with one attached hydrogen (secondary N) is 1. The molecule has 1 fully saturated rings. The fraction of sp³-hybridized carbons (Fsp3) is 0.357. The lowest BCUT2D eigenvalue weighted by Gasteiger charge is -2.16. The number of H-pyrrole nitrogens is 1. The number of hydrogen-bond acceptors (Lipinski definition) is 2. The van der Waals surface area contributed by atoms with Crippen molar-refractivity contribution < 1.29 is 9.90 Å².